The summed E-state index contributed by atoms with van der Waals surface area (Å²) in [4.78, 5) is 28.3. The van der Waals surface area contributed by atoms with Crippen molar-refractivity contribution < 1.29 is 9.59 Å². The molecule has 33 heavy (non-hydrogen) atoms. The van der Waals surface area contributed by atoms with Crippen LogP contribution in [0, 0.1) is 13.8 Å². The predicted molar refractivity (Wildman–Crippen MR) is 135 cm³/mol. The maximum atomic E-state index is 13.4. The first-order valence-corrected chi connectivity index (χ1v) is 10.9. The van der Waals surface area contributed by atoms with E-state index >= 15 is 0 Å². The number of nitrogens with one attached hydrogen (secondary N) is 1. The SMILES string of the molecule is Cc1ccc(N(C)C(=O)c2ccccc2NC(=O)c2c(C)cccc2-c2ccccc2)cc1. The first-order valence-electron chi connectivity index (χ1n) is 10.9. The summed E-state index contributed by atoms with van der Waals surface area (Å²) in [6.07, 6.45) is 0. The zero-order chi connectivity index (χ0) is 23.4. The van der Waals surface area contributed by atoms with Crippen LogP contribution in [0.5, 0.6) is 0 Å². The number of amides is 2. The summed E-state index contributed by atoms with van der Waals surface area (Å²) >= 11 is 0. The van der Waals surface area contributed by atoms with Crippen molar-refractivity contribution in [1.82, 2.24) is 0 Å². The van der Waals surface area contributed by atoms with Crippen LogP contribution >= 0.6 is 0 Å². The number of nitrogens with zero attached hydrogens (tertiary/aromatic N) is 1. The Morgan fingerprint density at radius 3 is 2.12 bits per heavy atom. The van der Waals surface area contributed by atoms with Gasteiger partial charge in [0.1, 0.15) is 0 Å². The predicted octanol–water partition coefficient (Wildman–Crippen LogP) is 6.50. The molecule has 2 amide bonds. The van der Waals surface area contributed by atoms with E-state index in [-0.39, 0.29) is 11.8 Å². The van der Waals surface area contributed by atoms with Gasteiger partial charge in [0.05, 0.1) is 16.8 Å². The Morgan fingerprint density at radius 1 is 0.727 bits per heavy atom. The summed E-state index contributed by atoms with van der Waals surface area (Å²) in [5.74, 6) is -0.437. The number of para-hydroxylation sites is 1. The zero-order valence-corrected chi connectivity index (χ0v) is 19.0. The molecule has 1 N–H and O–H groups in total. The first-order chi connectivity index (χ1) is 16.0. The smallest absolute Gasteiger partial charge is 0.260 e. The molecular weight excluding hydrogens is 408 g/mol. The Morgan fingerprint density at radius 2 is 1.39 bits per heavy atom. The van der Waals surface area contributed by atoms with Gasteiger partial charge >= 0.3 is 0 Å². The fourth-order valence-electron chi connectivity index (χ4n) is 3.86. The monoisotopic (exact) mass is 434 g/mol. The number of hydrogen-bond acceptors (Lipinski definition) is 2. The largest absolute Gasteiger partial charge is 0.321 e. The molecule has 4 aromatic rings. The number of benzene rings is 4. The standard InChI is InChI=1S/C29H26N2O2/c1-20-16-18-23(19-17-20)31(3)29(33)25-13-7-8-15-26(25)30-28(32)27-21(2)10-9-14-24(27)22-11-5-4-6-12-22/h4-19H,1-3H3,(H,30,32). The van der Waals surface area contributed by atoms with Crippen molar-refractivity contribution in [3.8, 4) is 11.1 Å². The molecule has 0 aromatic heterocycles. The summed E-state index contributed by atoms with van der Waals surface area (Å²) in [6, 6.07) is 30.5. The lowest BCUT2D eigenvalue weighted by atomic mass is 9.95. The van der Waals surface area contributed by atoms with Gasteiger partial charge in [-0.3, -0.25) is 9.59 Å². The number of hydrogen-bond donors (Lipinski definition) is 1. The molecule has 4 rings (SSSR count). The van der Waals surface area contributed by atoms with Crippen LogP contribution in [-0.2, 0) is 0 Å². The lowest BCUT2D eigenvalue weighted by Crippen LogP contribution is -2.27. The number of anilines is 2. The van der Waals surface area contributed by atoms with Gasteiger partial charge in [0.15, 0.2) is 0 Å². The van der Waals surface area contributed by atoms with E-state index in [0.717, 1.165) is 27.9 Å². The molecule has 4 aromatic carbocycles. The van der Waals surface area contributed by atoms with E-state index in [0.29, 0.717) is 16.8 Å². The quantitative estimate of drug-likeness (QED) is 0.390. The van der Waals surface area contributed by atoms with Gasteiger partial charge in [-0.2, -0.15) is 0 Å². The molecule has 0 aliphatic heterocycles. The van der Waals surface area contributed by atoms with Gasteiger partial charge in [-0.1, -0.05) is 78.4 Å². The topological polar surface area (TPSA) is 49.4 Å². The lowest BCUT2D eigenvalue weighted by molar-refractivity contribution is 0.0994. The van der Waals surface area contributed by atoms with Gasteiger partial charge < -0.3 is 10.2 Å². The van der Waals surface area contributed by atoms with Crippen molar-refractivity contribution in [1.29, 1.82) is 0 Å². The van der Waals surface area contributed by atoms with Crippen LogP contribution in [0.2, 0.25) is 0 Å². The molecule has 4 heteroatoms. The van der Waals surface area contributed by atoms with E-state index in [2.05, 4.69) is 5.32 Å². The summed E-state index contributed by atoms with van der Waals surface area (Å²) in [7, 11) is 1.74. The molecule has 0 saturated heterocycles. The Labute approximate surface area is 194 Å². The van der Waals surface area contributed by atoms with Gasteiger partial charge in [0.25, 0.3) is 11.8 Å². The molecule has 0 aliphatic rings. The number of aryl methyl sites for hydroxylation is 2. The second-order valence-corrected chi connectivity index (χ2v) is 8.06. The molecule has 0 radical (unpaired) electrons. The Hall–Kier alpha value is -4.18. The van der Waals surface area contributed by atoms with E-state index in [1.807, 2.05) is 92.7 Å². The van der Waals surface area contributed by atoms with Gasteiger partial charge in [0.2, 0.25) is 0 Å². The van der Waals surface area contributed by atoms with Crippen LogP contribution in [0.1, 0.15) is 31.8 Å². The molecule has 0 unspecified atom stereocenters. The van der Waals surface area contributed by atoms with E-state index in [1.165, 1.54) is 0 Å². The lowest BCUT2D eigenvalue weighted by Gasteiger charge is -2.20. The summed E-state index contributed by atoms with van der Waals surface area (Å²) < 4.78 is 0. The average molecular weight is 435 g/mol. The third kappa shape index (κ3) is 4.70. The molecule has 0 saturated carbocycles. The highest BCUT2D eigenvalue weighted by atomic mass is 16.2. The molecular formula is C29H26N2O2. The third-order valence-corrected chi connectivity index (χ3v) is 5.72. The fourth-order valence-corrected chi connectivity index (χ4v) is 3.86. The van der Waals surface area contributed by atoms with Crippen LogP contribution in [0.3, 0.4) is 0 Å². The Balaban J connectivity index is 1.66. The molecule has 4 nitrogen and oxygen atoms in total. The molecule has 164 valence electrons. The molecule has 0 spiro atoms. The minimum absolute atomic E-state index is 0.192. The normalized spacial score (nSPS) is 10.5. The second kappa shape index (κ2) is 9.53. The molecule has 0 aliphatic carbocycles. The van der Waals surface area contributed by atoms with Crippen molar-refractivity contribution in [2.75, 3.05) is 17.3 Å². The van der Waals surface area contributed by atoms with Crippen molar-refractivity contribution >= 4 is 23.2 Å². The van der Waals surface area contributed by atoms with Gasteiger partial charge in [-0.25, -0.2) is 0 Å². The van der Waals surface area contributed by atoms with Crippen LogP contribution < -0.4 is 10.2 Å². The Kier molecular flexibility index (Phi) is 6.36. The van der Waals surface area contributed by atoms with Crippen molar-refractivity contribution in [2.45, 2.75) is 13.8 Å². The summed E-state index contributed by atoms with van der Waals surface area (Å²) in [6.45, 7) is 3.93. The Bertz CT molecular complexity index is 1300. The molecule has 0 heterocycles. The summed E-state index contributed by atoms with van der Waals surface area (Å²) in [5.41, 5.74) is 6.12. The molecule has 0 fully saturated rings. The van der Waals surface area contributed by atoms with E-state index in [9.17, 15) is 9.59 Å². The highest BCUT2D eigenvalue weighted by Crippen LogP contribution is 2.28. The highest BCUT2D eigenvalue weighted by molar-refractivity contribution is 6.15. The number of rotatable bonds is 5. The number of carbonyl (C=O) groups is 2. The minimum atomic E-state index is -0.245. The second-order valence-electron chi connectivity index (χ2n) is 8.06. The van der Waals surface area contributed by atoms with Gasteiger partial charge in [-0.05, 0) is 54.8 Å². The maximum absolute atomic E-state index is 13.4. The number of carbonyl (C=O) groups excluding carboxylic acids is 2. The van der Waals surface area contributed by atoms with Crippen LogP contribution in [0.4, 0.5) is 11.4 Å². The maximum Gasteiger partial charge on any atom is 0.260 e. The van der Waals surface area contributed by atoms with Crippen molar-refractivity contribution in [3.63, 3.8) is 0 Å². The van der Waals surface area contributed by atoms with Crippen molar-refractivity contribution in [3.05, 3.63) is 119 Å². The average Bonchev–Trinajstić information content (AvgIpc) is 2.84. The highest BCUT2D eigenvalue weighted by Gasteiger charge is 2.21. The van der Waals surface area contributed by atoms with Gasteiger partial charge in [0, 0.05) is 12.7 Å². The fraction of sp³-hybridized carbons (Fsp3) is 0.103. The van der Waals surface area contributed by atoms with E-state index in [4.69, 9.17) is 0 Å². The van der Waals surface area contributed by atoms with Crippen LogP contribution in [0.25, 0.3) is 11.1 Å². The minimum Gasteiger partial charge on any atom is -0.321 e. The van der Waals surface area contributed by atoms with E-state index < -0.39 is 0 Å². The zero-order valence-electron chi connectivity index (χ0n) is 19.0. The molecule has 0 bridgehead atoms. The van der Waals surface area contributed by atoms with Crippen molar-refractivity contribution in [2.24, 2.45) is 0 Å². The van der Waals surface area contributed by atoms with Crippen LogP contribution in [0.15, 0.2) is 97.1 Å². The van der Waals surface area contributed by atoms with Crippen LogP contribution in [-0.4, -0.2) is 18.9 Å². The summed E-state index contributed by atoms with van der Waals surface area (Å²) in [5, 5.41) is 2.99. The first kappa shape index (κ1) is 22.0. The van der Waals surface area contributed by atoms with E-state index in [1.54, 1.807) is 30.1 Å². The molecule has 0 atom stereocenters. The van der Waals surface area contributed by atoms with Gasteiger partial charge in [-0.15, -0.1) is 0 Å². The third-order valence-electron chi connectivity index (χ3n) is 5.72.